The highest BCUT2D eigenvalue weighted by molar-refractivity contribution is 7.92. The number of imidazole rings is 1. The topological polar surface area (TPSA) is 102 Å². The molecule has 0 unspecified atom stereocenters. The largest absolute Gasteiger partial charge is 0.496 e. The van der Waals surface area contributed by atoms with Gasteiger partial charge in [-0.25, -0.2) is 13.4 Å². The van der Waals surface area contributed by atoms with Gasteiger partial charge in [0.1, 0.15) is 5.75 Å². The Labute approximate surface area is 205 Å². The predicted octanol–water partition coefficient (Wildman–Crippen LogP) is 3.63. The van der Waals surface area contributed by atoms with Crippen molar-refractivity contribution >= 4 is 32.7 Å². The fourth-order valence-electron chi connectivity index (χ4n) is 4.03. The van der Waals surface area contributed by atoms with Crippen molar-refractivity contribution < 1.29 is 17.9 Å². The van der Waals surface area contributed by atoms with Crippen LogP contribution in [0.1, 0.15) is 21.5 Å². The summed E-state index contributed by atoms with van der Waals surface area (Å²) in [5.41, 5.74) is 4.02. The van der Waals surface area contributed by atoms with Gasteiger partial charge in [-0.3, -0.25) is 9.52 Å². The summed E-state index contributed by atoms with van der Waals surface area (Å²) in [5.74, 6) is 0.464. The van der Waals surface area contributed by atoms with Gasteiger partial charge in [-0.05, 0) is 42.2 Å². The van der Waals surface area contributed by atoms with Crippen LogP contribution in [0.5, 0.6) is 5.75 Å². The number of aryl methyl sites for hydroxylation is 2. The lowest BCUT2D eigenvalue weighted by Crippen LogP contribution is -2.26. The highest BCUT2D eigenvalue weighted by atomic mass is 32.2. The van der Waals surface area contributed by atoms with Crippen LogP contribution in [0.3, 0.4) is 0 Å². The molecule has 0 saturated heterocycles. The van der Waals surface area contributed by atoms with Crippen molar-refractivity contribution in [3.63, 3.8) is 0 Å². The number of anilines is 1. The number of aromatic nitrogens is 2. The van der Waals surface area contributed by atoms with E-state index in [1.807, 2.05) is 47.0 Å². The Morgan fingerprint density at radius 3 is 2.51 bits per heavy atom. The number of nitrogens with zero attached hydrogens (tertiary/aromatic N) is 2. The number of methoxy groups -OCH3 is 1. The summed E-state index contributed by atoms with van der Waals surface area (Å²) in [6.07, 6.45) is 4.12. The number of hydrogen-bond acceptors (Lipinski definition) is 5. The molecule has 1 amide bonds. The standard InChI is InChI=1S/C26H28N4O4S/c1-34-24-11-7-6-10-20(24)12-14-27-26(31)22-16-21(29-35(2,32)33)17-23-25(22)30(18-28-23)15-13-19-8-4-3-5-9-19/h3-11,16-18,29H,12-15H2,1-2H3,(H,27,31). The first-order valence-electron chi connectivity index (χ1n) is 11.2. The molecule has 0 spiro atoms. The predicted molar refractivity (Wildman–Crippen MR) is 137 cm³/mol. The maximum atomic E-state index is 13.3. The second-order valence-corrected chi connectivity index (χ2v) is 10.0. The van der Waals surface area contributed by atoms with E-state index in [1.165, 1.54) is 5.56 Å². The zero-order valence-corrected chi connectivity index (χ0v) is 20.5. The molecular weight excluding hydrogens is 464 g/mol. The fraction of sp³-hybridized carbons (Fsp3) is 0.231. The molecule has 9 heteroatoms. The number of carbonyl (C=O) groups is 1. The molecule has 2 N–H and O–H groups in total. The zero-order valence-electron chi connectivity index (χ0n) is 19.7. The smallest absolute Gasteiger partial charge is 0.253 e. The van der Waals surface area contributed by atoms with Gasteiger partial charge < -0.3 is 14.6 Å². The highest BCUT2D eigenvalue weighted by Gasteiger charge is 2.18. The van der Waals surface area contributed by atoms with Gasteiger partial charge in [0.15, 0.2) is 0 Å². The molecule has 4 aromatic rings. The molecule has 0 atom stereocenters. The minimum atomic E-state index is -3.52. The van der Waals surface area contributed by atoms with Crippen LogP contribution in [0, 0.1) is 0 Å². The normalized spacial score (nSPS) is 11.4. The first-order valence-corrected chi connectivity index (χ1v) is 13.1. The zero-order chi connectivity index (χ0) is 24.8. The number of para-hydroxylation sites is 1. The van der Waals surface area contributed by atoms with E-state index in [-0.39, 0.29) is 5.91 Å². The van der Waals surface area contributed by atoms with Gasteiger partial charge in [0.25, 0.3) is 5.91 Å². The lowest BCUT2D eigenvalue weighted by atomic mass is 10.1. The lowest BCUT2D eigenvalue weighted by Gasteiger charge is -2.13. The Morgan fingerprint density at radius 2 is 1.77 bits per heavy atom. The number of sulfonamides is 1. The van der Waals surface area contributed by atoms with Crippen molar-refractivity contribution in [2.45, 2.75) is 19.4 Å². The van der Waals surface area contributed by atoms with E-state index >= 15 is 0 Å². The molecule has 1 aromatic heterocycles. The van der Waals surface area contributed by atoms with Crippen molar-refractivity contribution in [1.29, 1.82) is 0 Å². The van der Waals surface area contributed by atoms with Crippen molar-refractivity contribution in [1.82, 2.24) is 14.9 Å². The molecule has 0 fully saturated rings. The van der Waals surface area contributed by atoms with Crippen LogP contribution < -0.4 is 14.8 Å². The van der Waals surface area contributed by atoms with Crippen molar-refractivity contribution in [2.24, 2.45) is 0 Å². The Bertz CT molecular complexity index is 1430. The lowest BCUT2D eigenvalue weighted by molar-refractivity contribution is 0.0955. The first kappa shape index (κ1) is 24.3. The van der Waals surface area contributed by atoms with E-state index < -0.39 is 10.0 Å². The molecule has 35 heavy (non-hydrogen) atoms. The van der Waals surface area contributed by atoms with E-state index in [9.17, 15) is 13.2 Å². The first-order chi connectivity index (χ1) is 16.8. The second-order valence-electron chi connectivity index (χ2n) is 8.26. The summed E-state index contributed by atoms with van der Waals surface area (Å²) in [5, 5.41) is 2.96. The van der Waals surface area contributed by atoms with E-state index in [0.717, 1.165) is 24.0 Å². The Morgan fingerprint density at radius 1 is 1.03 bits per heavy atom. The summed E-state index contributed by atoms with van der Waals surface area (Å²) < 4.78 is 33.4. The number of benzene rings is 3. The van der Waals surface area contributed by atoms with Crippen molar-refractivity contribution in [3.8, 4) is 5.75 Å². The van der Waals surface area contributed by atoms with E-state index in [4.69, 9.17) is 4.74 Å². The summed E-state index contributed by atoms with van der Waals surface area (Å²) in [6.45, 7) is 1.02. The summed E-state index contributed by atoms with van der Waals surface area (Å²) in [6, 6.07) is 20.9. The molecule has 3 aromatic carbocycles. The monoisotopic (exact) mass is 492 g/mol. The van der Waals surface area contributed by atoms with E-state index in [2.05, 4.69) is 27.2 Å². The maximum absolute atomic E-state index is 13.3. The van der Waals surface area contributed by atoms with Crippen LogP contribution in [-0.4, -0.2) is 43.8 Å². The molecule has 1 heterocycles. The molecule has 4 rings (SSSR count). The van der Waals surface area contributed by atoms with Gasteiger partial charge >= 0.3 is 0 Å². The van der Waals surface area contributed by atoms with Crippen LogP contribution in [0.15, 0.2) is 73.1 Å². The van der Waals surface area contributed by atoms with Crippen LogP contribution in [0.4, 0.5) is 5.69 Å². The van der Waals surface area contributed by atoms with Crippen LogP contribution in [-0.2, 0) is 29.4 Å². The summed E-state index contributed by atoms with van der Waals surface area (Å²) in [4.78, 5) is 17.7. The third kappa shape index (κ3) is 6.19. The quantitative estimate of drug-likeness (QED) is 0.352. The molecule has 8 nitrogen and oxygen atoms in total. The van der Waals surface area contributed by atoms with Crippen molar-refractivity contribution in [3.05, 3.63) is 89.7 Å². The van der Waals surface area contributed by atoms with Crippen LogP contribution in [0.2, 0.25) is 0 Å². The van der Waals surface area contributed by atoms with Gasteiger partial charge in [-0.1, -0.05) is 48.5 Å². The number of nitrogens with one attached hydrogen (secondary N) is 2. The Balaban J connectivity index is 1.60. The number of amides is 1. The highest BCUT2D eigenvalue weighted by Crippen LogP contribution is 2.25. The number of fused-ring (bicyclic) bond motifs is 1. The number of carbonyl (C=O) groups excluding carboxylic acids is 1. The maximum Gasteiger partial charge on any atom is 0.253 e. The van der Waals surface area contributed by atoms with Crippen LogP contribution in [0.25, 0.3) is 11.0 Å². The third-order valence-electron chi connectivity index (χ3n) is 5.62. The molecule has 0 saturated carbocycles. The summed E-state index contributed by atoms with van der Waals surface area (Å²) in [7, 11) is -1.90. The third-order valence-corrected chi connectivity index (χ3v) is 6.22. The van der Waals surface area contributed by atoms with E-state index in [0.29, 0.717) is 41.8 Å². The van der Waals surface area contributed by atoms with Gasteiger partial charge in [0.2, 0.25) is 10.0 Å². The van der Waals surface area contributed by atoms with E-state index in [1.54, 1.807) is 25.6 Å². The van der Waals surface area contributed by atoms with Crippen molar-refractivity contribution in [2.75, 3.05) is 24.6 Å². The minimum Gasteiger partial charge on any atom is -0.496 e. The molecular formula is C26H28N4O4S. The van der Waals surface area contributed by atoms with Gasteiger partial charge in [0.05, 0.1) is 42.0 Å². The molecule has 0 aliphatic heterocycles. The van der Waals surface area contributed by atoms with Gasteiger partial charge in [0, 0.05) is 13.1 Å². The minimum absolute atomic E-state index is 0.295. The molecule has 0 bridgehead atoms. The second kappa shape index (κ2) is 10.6. The Kier molecular flexibility index (Phi) is 7.36. The van der Waals surface area contributed by atoms with Gasteiger partial charge in [-0.15, -0.1) is 0 Å². The average molecular weight is 493 g/mol. The molecule has 182 valence electrons. The number of hydrogen-bond donors (Lipinski definition) is 2. The number of rotatable bonds is 10. The molecule has 0 radical (unpaired) electrons. The molecule has 0 aliphatic rings. The van der Waals surface area contributed by atoms with Gasteiger partial charge in [-0.2, -0.15) is 0 Å². The fourth-order valence-corrected chi connectivity index (χ4v) is 4.58. The SMILES string of the molecule is COc1ccccc1CCNC(=O)c1cc(NS(C)(=O)=O)cc2ncn(CCc3ccccc3)c12. The average Bonchev–Trinajstić information content (AvgIpc) is 3.25. The van der Waals surface area contributed by atoms with Crippen LogP contribution >= 0.6 is 0 Å². The number of ether oxygens (including phenoxy) is 1. The Hall–Kier alpha value is -3.85. The summed E-state index contributed by atoms with van der Waals surface area (Å²) >= 11 is 0. The molecule has 0 aliphatic carbocycles.